The summed E-state index contributed by atoms with van der Waals surface area (Å²) in [7, 11) is 0. The minimum atomic E-state index is -0.869. The third kappa shape index (κ3) is 4.05. The highest BCUT2D eigenvalue weighted by atomic mass is 19.1. The second-order valence-electron chi connectivity index (χ2n) is 2.39. The topological polar surface area (TPSA) is 30.0 Å². The summed E-state index contributed by atoms with van der Waals surface area (Å²) in [5, 5.41) is 0. The predicted octanol–water partition coefficient (Wildman–Crippen LogP) is 2.64. The standard InChI is InChI=1S/C8H8F3N.CHFO/c9-3-6-1-2-12-8(5-11)7(6)4-10;2-1-3/h1-2H,3-5H2;1H. The largest absolute Gasteiger partial charge is 0.289 e. The Balaban J connectivity index is 0.000000583. The van der Waals surface area contributed by atoms with Crippen molar-refractivity contribution in [2.24, 2.45) is 0 Å². The first kappa shape index (κ1) is 13.5. The van der Waals surface area contributed by atoms with Crippen LogP contribution in [0.2, 0.25) is 0 Å². The average Bonchev–Trinajstić information content (AvgIpc) is 2.28. The van der Waals surface area contributed by atoms with Gasteiger partial charge in [-0.05, 0) is 11.6 Å². The normalized spacial score (nSPS) is 9.07. The van der Waals surface area contributed by atoms with Crippen molar-refractivity contribution in [1.29, 1.82) is 0 Å². The molecule has 1 aromatic rings. The van der Waals surface area contributed by atoms with E-state index < -0.39 is 26.6 Å². The number of aromatic nitrogens is 1. The molecule has 0 saturated carbocycles. The van der Waals surface area contributed by atoms with Crippen molar-refractivity contribution in [1.82, 2.24) is 4.98 Å². The molecule has 0 aromatic carbocycles. The molecule has 2 nitrogen and oxygen atoms in total. The highest BCUT2D eigenvalue weighted by Gasteiger charge is 2.08. The molecule has 84 valence electrons. The van der Waals surface area contributed by atoms with E-state index in [1.165, 1.54) is 12.3 Å². The van der Waals surface area contributed by atoms with Gasteiger partial charge in [-0.1, -0.05) is 0 Å². The zero-order chi connectivity index (χ0) is 11.7. The quantitative estimate of drug-likeness (QED) is 0.448. The molecule has 0 saturated heterocycles. The minimum absolute atomic E-state index is 0.00681. The monoisotopic (exact) mass is 223 g/mol. The SMILES string of the molecule is FCc1ccnc(CF)c1CF.O=CF. The van der Waals surface area contributed by atoms with Gasteiger partial charge in [0.15, 0.2) is 0 Å². The van der Waals surface area contributed by atoms with Gasteiger partial charge >= 0.3 is 0 Å². The van der Waals surface area contributed by atoms with Gasteiger partial charge in [0, 0.05) is 11.8 Å². The van der Waals surface area contributed by atoms with Crippen molar-refractivity contribution in [2.45, 2.75) is 20.0 Å². The second-order valence-corrected chi connectivity index (χ2v) is 2.39. The lowest BCUT2D eigenvalue weighted by Gasteiger charge is -2.04. The summed E-state index contributed by atoms with van der Waals surface area (Å²) in [4.78, 5) is 11.7. The molecule has 1 rings (SSSR count). The first-order valence-corrected chi connectivity index (χ1v) is 3.92. The van der Waals surface area contributed by atoms with E-state index in [0.29, 0.717) is 0 Å². The Kier molecular flexibility index (Phi) is 7.13. The van der Waals surface area contributed by atoms with E-state index >= 15 is 0 Å². The lowest BCUT2D eigenvalue weighted by Crippen LogP contribution is -1.98. The van der Waals surface area contributed by atoms with Gasteiger partial charge in [0.05, 0.1) is 5.69 Å². The number of carbonyl (C=O) groups is 1. The van der Waals surface area contributed by atoms with Crippen LogP contribution in [0.4, 0.5) is 17.6 Å². The van der Waals surface area contributed by atoms with Crippen molar-refractivity contribution >= 4 is 6.54 Å². The maximum absolute atomic E-state index is 12.2. The summed E-state index contributed by atoms with van der Waals surface area (Å²) in [6.45, 7) is -3.26. The van der Waals surface area contributed by atoms with Gasteiger partial charge in [-0.2, -0.15) is 4.39 Å². The van der Waals surface area contributed by atoms with Gasteiger partial charge in [-0.25, -0.2) is 13.2 Å². The molecule has 0 aliphatic heterocycles. The fourth-order valence-electron chi connectivity index (χ4n) is 0.984. The van der Waals surface area contributed by atoms with Gasteiger partial charge < -0.3 is 0 Å². The van der Waals surface area contributed by atoms with E-state index in [1.54, 1.807) is 0 Å². The summed E-state index contributed by atoms with van der Waals surface area (Å²) >= 11 is 0. The molecule has 0 radical (unpaired) electrons. The number of carbonyl (C=O) groups excluding carboxylic acids is 1. The molecule has 0 aliphatic rings. The van der Waals surface area contributed by atoms with E-state index in [2.05, 4.69) is 4.98 Å². The van der Waals surface area contributed by atoms with Crippen LogP contribution in [-0.2, 0) is 24.8 Å². The molecule has 6 heteroatoms. The van der Waals surface area contributed by atoms with Crippen LogP contribution in [0, 0.1) is 0 Å². The van der Waals surface area contributed by atoms with Crippen LogP contribution in [0.5, 0.6) is 0 Å². The van der Waals surface area contributed by atoms with Crippen molar-refractivity contribution in [2.75, 3.05) is 0 Å². The summed E-state index contributed by atoms with van der Waals surface area (Å²) < 4.78 is 46.2. The Morgan fingerprint density at radius 1 is 1.20 bits per heavy atom. The van der Waals surface area contributed by atoms with Crippen LogP contribution in [0.1, 0.15) is 16.8 Å². The number of halogens is 4. The smallest absolute Gasteiger partial charge is 0.265 e. The minimum Gasteiger partial charge on any atom is -0.265 e. The molecule has 0 N–H and O–H groups in total. The molecule has 0 bridgehead atoms. The van der Waals surface area contributed by atoms with Gasteiger partial charge in [-0.15, -0.1) is 0 Å². The van der Waals surface area contributed by atoms with E-state index in [1.807, 2.05) is 0 Å². The molecule has 1 aromatic heterocycles. The molecule has 0 amide bonds. The number of rotatable bonds is 3. The summed E-state index contributed by atoms with van der Waals surface area (Å²) in [6.07, 6.45) is 1.28. The van der Waals surface area contributed by atoms with Crippen molar-refractivity contribution < 1.29 is 22.4 Å². The molecule has 0 spiro atoms. The van der Waals surface area contributed by atoms with E-state index in [0.717, 1.165) is 0 Å². The van der Waals surface area contributed by atoms with Crippen molar-refractivity contribution in [3.05, 3.63) is 29.1 Å². The van der Waals surface area contributed by atoms with E-state index in [-0.39, 0.29) is 16.8 Å². The Hall–Kier alpha value is -1.46. The van der Waals surface area contributed by atoms with E-state index in [9.17, 15) is 17.6 Å². The highest BCUT2D eigenvalue weighted by molar-refractivity contribution is 5.35. The van der Waals surface area contributed by atoms with Crippen LogP contribution in [-0.4, -0.2) is 11.5 Å². The lowest BCUT2D eigenvalue weighted by atomic mass is 10.1. The Morgan fingerprint density at radius 3 is 2.20 bits per heavy atom. The fourth-order valence-corrected chi connectivity index (χ4v) is 0.984. The summed E-state index contributed by atoms with van der Waals surface area (Å²) in [6, 6.07) is 1.36. The molecule has 0 aliphatic carbocycles. The molecule has 1 heterocycles. The Morgan fingerprint density at radius 2 is 1.80 bits per heavy atom. The highest BCUT2D eigenvalue weighted by Crippen LogP contribution is 2.15. The first-order chi connectivity index (χ1) is 7.24. The van der Waals surface area contributed by atoms with Crippen LogP contribution in [0.3, 0.4) is 0 Å². The molecule has 0 atom stereocenters. The summed E-state index contributed by atoms with van der Waals surface area (Å²) in [5.41, 5.74) is 0.218. The van der Waals surface area contributed by atoms with Crippen LogP contribution >= 0.6 is 0 Å². The van der Waals surface area contributed by atoms with Gasteiger partial charge in [0.2, 0.25) is 0 Å². The number of hydrogen-bond donors (Lipinski definition) is 0. The predicted molar refractivity (Wildman–Crippen MR) is 46.5 cm³/mol. The molecule has 15 heavy (non-hydrogen) atoms. The number of nitrogens with zero attached hydrogens (tertiary/aromatic N) is 1. The first-order valence-electron chi connectivity index (χ1n) is 3.92. The van der Waals surface area contributed by atoms with Gasteiger partial charge in [0.25, 0.3) is 6.54 Å². The molecule has 0 unspecified atom stereocenters. The Labute approximate surface area is 83.9 Å². The molecule has 0 fully saturated rings. The average molecular weight is 223 g/mol. The molecular weight excluding hydrogens is 214 g/mol. The third-order valence-electron chi connectivity index (χ3n) is 1.65. The maximum atomic E-state index is 12.2. The zero-order valence-corrected chi connectivity index (χ0v) is 7.72. The fraction of sp³-hybridized carbons (Fsp3) is 0.333. The third-order valence-corrected chi connectivity index (χ3v) is 1.65. The number of alkyl halides is 3. The molecular formula is C9H9F4NO. The van der Waals surface area contributed by atoms with Crippen LogP contribution in [0.25, 0.3) is 0 Å². The van der Waals surface area contributed by atoms with E-state index in [4.69, 9.17) is 4.79 Å². The van der Waals surface area contributed by atoms with Gasteiger partial charge in [-0.3, -0.25) is 9.78 Å². The van der Waals surface area contributed by atoms with Crippen LogP contribution < -0.4 is 0 Å². The van der Waals surface area contributed by atoms with Crippen molar-refractivity contribution in [3.8, 4) is 0 Å². The van der Waals surface area contributed by atoms with Crippen molar-refractivity contribution in [3.63, 3.8) is 0 Å². The zero-order valence-electron chi connectivity index (χ0n) is 7.72. The summed E-state index contributed by atoms with van der Waals surface area (Å²) in [5.74, 6) is 0. The Bertz CT molecular complexity index is 284. The lowest BCUT2D eigenvalue weighted by molar-refractivity contribution is 0.430. The van der Waals surface area contributed by atoms with Gasteiger partial charge in [0.1, 0.15) is 20.0 Å². The number of hydrogen-bond acceptors (Lipinski definition) is 2. The number of pyridine rings is 1. The second kappa shape index (κ2) is 7.90. The maximum Gasteiger partial charge on any atom is 0.289 e. The van der Waals surface area contributed by atoms with Crippen LogP contribution in [0.15, 0.2) is 12.3 Å².